The Labute approximate surface area is 134 Å². The van der Waals surface area contributed by atoms with E-state index in [2.05, 4.69) is 20.7 Å². The standard InChI is InChI=1S/C17H11BrO4/c1-21-17(20)11-4-7-14-12(8-11)9-15(22-14)16(19)10-2-5-13(18)6-3-10/h2-9H,1H3. The fraction of sp³-hybridized carbons (Fsp3) is 0.0588. The van der Waals surface area contributed by atoms with Crippen molar-refractivity contribution in [1.29, 1.82) is 0 Å². The molecule has 0 atom stereocenters. The molecule has 0 unspecified atom stereocenters. The molecular weight excluding hydrogens is 348 g/mol. The molecule has 5 heteroatoms. The van der Waals surface area contributed by atoms with E-state index in [9.17, 15) is 9.59 Å². The van der Waals surface area contributed by atoms with Crippen molar-refractivity contribution in [1.82, 2.24) is 0 Å². The molecule has 110 valence electrons. The second-order valence-electron chi connectivity index (χ2n) is 4.69. The molecule has 3 aromatic rings. The van der Waals surface area contributed by atoms with Gasteiger partial charge in [0.05, 0.1) is 12.7 Å². The molecule has 0 fully saturated rings. The van der Waals surface area contributed by atoms with Crippen molar-refractivity contribution in [3.63, 3.8) is 0 Å². The molecule has 0 aliphatic heterocycles. The minimum Gasteiger partial charge on any atom is -0.465 e. The number of furan rings is 1. The summed E-state index contributed by atoms with van der Waals surface area (Å²) in [5.74, 6) is -0.397. The summed E-state index contributed by atoms with van der Waals surface area (Å²) in [7, 11) is 1.32. The Balaban J connectivity index is 1.99. The summed E-state index contributed by atoms with van der Waals surface area (Å²) >= 11 is 3.33. The first-order valence-corrected chi connectivity index (χ1v) is 7.30. The van der Waals surface area contributed by atoms with Crippen LogP contribution >= 0.6 is 15.9 Å². The lowest BCUT2D eigenvalue weighted by Gasteiger charge is -1.97. The van der Waals surface area contributed by atoms with Crippen LogP contribution in [-0.4, -0.2) is 18.9 Å². The maximum absolute atomic E-state index is 12.4. The predicted molar refractivity (Wildman–Crippen MR) is 85.1 cm³/mol. The third-order valence-corrected chi connectivity index (χ3v) is 3.80. The van der Waals surface area contributed by atoms with Crippen LogP contribution in [0.4, 0.5) is 0 Å². The van der Waals surface area contributed by atoms with Gasteiger partial charge in [-0.05, 0) is 48.5 Å². The Morgan fingerprint density at radius 2 is 1.68 bits per heavy atom. The Bertz CT molecular complexity index is 862. The third kappa shape index (κ3) is 2.67. The average molecular weight is 359 g/mol. The van der Waals surface area contributed by atoms with Crippen molar-refractivity contribution in [2.75, 3.05) is 7.11 Å². The van der Waals surface area contributed by atoms with Gasteiger partial charge in [-0.3, -0.25) is 4.79 Å². The van der Waals surface area contributed by atoms with Gasteiger partial charge in [-0.2, -0.15) is 0 Å². The Kier molecular flexibility index (Phi) is 3.81. The van der Waals surface area contributed by atoms with Crippen molar-refractivity contribution in [2.45, 2.75) is 0 Å². The van der Waals surface area contributed by atoms with E-state index in [-0.39, 0.29) is 11.5 Å². The molecule has 0 saturated heterocycles. The SMILES string of the molecule is COC(=O)c1ccc2oc(C(=O)c3ccc(Br)cc3)cc2c1. The second kappa shape index (κ2) is 5.77. The number of hydrogen-bond acceptors (Lipinski definition) is 4. The zero-order chi connectivity index (χ0) is 15.7. The van der Waals surface area contributed by atoms with Crippen LogP contribution in [0, 0.1) is 0 Å². The van der Waals surface area contributed by atoms with E-state index in [0.717, 1.165) is 4.47 Å². The first kappa shape index (κ1) is 14.5. The highest BCUT2D eigenvalue weighted by molar-refractivity contribution is 9.10. The molecule has 0 spiro atoms. The van der Waals surface area contributed by atoms with Crippen molar-refractivity contribution in [3.8, 4) is 0 Å². The topological polar surface area (TPSA) is 56.5 Å². The summed E-state index contributed by atoms with van der Waals surface area (Å²) in [6.07, 6.45) is 0. The largest absolute Gasteiger partial charge is 0.465 e. The van der Waals surface area contributed by atoms with E-state index in [0.29, 0.717) is 22.1 Å². The van der Waals surface area contributed by atoms with Gasteiger partial charge in [-0.15, -0.1) is 0 Å². The van der Waals surface area contributed by atoms with Gasteiger partial charge in [0, 0.05) is 15.4 Å². The van der Waals surface area contributed by atoms with Gasteiger partial charge in [0.2, 0.25) is 5.78 Å². The Morgan fingerprint density at radius 1 is 1.00 bits per heavy atom. The number of hydrogen-bond donors (Lipinski definition) is 0. The number of fused-ring (bicyclic) bond motifs is 1. The minimum atomic E-state index is -0.427. The average Bonchev–Trinajstić information content (AvgIpc) is 2.97. The molecule has 0 saturated carbocycles. The first-order valence-electron chi connectivity index (χ1n) is 6.50. The highest BCUT2D eigenvalue weighted by Gasteiger charge is 2.16. The van der Waals surface area contributed by atoms with Crippen molar-refractivity contribution < 1.29 is 18.7 Å². The van der Waals surface area contributed by atoms with E-state index in [1.165, 1.54) is 7.11 Å². The number of methoxy groups -OCH3 is 1. The van der Waals surface area contributed by atoms with Gasteiger partial charge < -0.3 is 9.15 Å². The van der Waals surface area contributed by atoms with Crippen LogP contribution in [0.5, 0.6) is 0 Å². The van der Waals surface area contributed by atoms with Crippen molar-refractivity contribution >= 4 is 38.7 Å². The number of carbonyl (C=O) groups excluding carboxylic acids is 2. The number of rotatable bonds is 3. The zero-order valence-corrected chi connectivity index (χ0v) is 13.2. The lowest BCUT2D eigenvalue weighted by atomic mass is 10.1. The summed E-state index contributed by atoms with van der Waals surface area (Å²) in [4.78, 5) is 23.9. The lowest BCUT2D eigenvalue weighted by molar-refractivity contribution is 0.0601. The lowest BCUT2D eigenvalue weighted by Crippen LogP contribution is -2.00. The fourth-order valence-corrected chi connectivity index (χ4v) is 2.41. The first-order chi connectivity index (χ1) is 10.6. The number of carbonyl (C=O) groups is 2. The maximum Gasteiger partial charge on any atom is 0.337 e. The van der Waals surface area contributed by atoms with Crippen LogP contribution in [0.25, 0.3) is 11.0 Å². The van der Waals surface area contributed by atoms with Crippen molar-refractivity contribution in [3.05, 3.63) is 69.9 Å². The van der Waals surface area contributed by atoms with Crippen molar-refractivity contribution in [2.24, 2.45) is 0 Å². The van der Waals surface area contributed by atoms with Gasteiger partial charge in [0.15, 0.2) is 5.76 Å². The third-order valence-electron chi connectivity index (χ3n) is 3.27. The van der Waals surface area contributed by atoms with Crippen LogP contribution in [0.3, 0.4) is 0 Å². The van der Waals surface area contributed by atoms with Crippen LogP contribution < -0.4 is 0 Å². The summed E-state index contributed by atoms with van der Waals surface area (Å²) < 4.78 is 11.1. The van der Waals surface area contributed by atoms with Crippen LogP contribution in [-0.2, 0) is 4.74 Å². The number of halogens is 1. The Morgan fingerprint density at radius 3 is 2.36 bits per heavy atom. The monoisotopic (exact) mass is 358 g/mol. The van der Waals surface area contributed by atoms with E-state index in [4.69, 9.17) is 4.42 Å². The van der Waals surface area contributed by atoms with Crippen LogP contribution in [0.1, 0.15) is 26.5 Å². The smallest absolute Gasteiger partial charge is 0.337 e. The second-order valence-corrected chi connectivity index (χ2v) is 5.61. The molecule has 0 amide bonds. The van der Waals surface area contributed by atoms with Gasteiger partial charge in [-0.25, -0.2) is 4.79 Å². The van der Waals surface area contributed by atoms with E-state index >= 15 is 0 Å². The quantitative estimate of drug-likeness (QED) is 0.519. The van der Waals surface area contributed by atoms with E-state index < -0.39 is 5.97 Å². The highest BCUT2D eigenvalue weighted by atomic mass is 79.9. The molecule has 22 heavy (non-hydrogen) atoms. The maximum atomic E-state index is 12.4. The molecule has 2 aromatic carbocycles. The zero-order valence-electron chi connectivity index (χ0n) is 11.6. The summed E-state index contributed by atoms with van der Waals surface area (Å²) in [6, 6.07) is 13.6. The predicted octanol–water partition coefficient (Wildman–Crippen LogP) is 4.21. The number of esters is 1. The molecular formula is C17H11BrO4. The number of benzene rings is 2. The summed E-state index contributed by atoms with van der Waals surface area (Å²) in [5, 5.41) is 0.684. The van der Waals surface area contributed by atoms with Crippen LogP contribution in [0.2, 0.25) is 0 Å². The van der Waals surface area contributed by atoms with Crippen LogP contribution in [0.15, 0.2) is 57.4 Å². The van der Waals surface area contributed by atoms with Gasteiger partial charge in [0.25, 0.3) is 0 Å². The molecule has 0 radical (unpaired) electrons. The van der Waals surface area contributed by atoms with E-state index in [1.54, 1.807) is 48.5 Å². The van der Waals surface area contributed by atoms with Gasteiger partial charge >= 0.3 is 5.97 Å². The molecule has 0 aliphatic carbocycles. The normalized spacial score (nSPS) is 10.6. The fourth-order valence-electron chi connectivity index (χ4n) is 2.14. The van der Waals surface area contributed by atoms with Gasteiger partial charge in [-0.1, -0.05) is 15.9 Å². The molecule has 4 nitrogen and oxygen atoms in total. The molecule has 1 heterocycles. The number of ether oxygens (including phenoxy) is 1. The molecule has 0 bridgehead atoms. The molecule has 0 aliphatic rings. The summed E-state index contributed by atoms with van der Waals surface area (Å²) in [6.45, 7) is 0. The van der Waals surface area contributed by atoms with E-state index in [1.807, 2.05) is 0 Å². The molecule has 0 N–H and O–H groups in total. The molecule has 1 aromatic heterocycles. The molecule has 3 rings (SSSR count). The Hall–Kier alpha value is -2.40. The van der Waals surface area contributed by atoms with Gasteiger partial charge in [0.1, 0.15) is 5.58 Å². The minimum absolute atomic E-state index is 0.205. The number of ketones is 1. The highest BCUT2D eigenvalue weighted by Crippen LogP contribution is 2.23. The summed E-state index contributed by atoms with van der Waals surface area (Å²) in [5.41, 5.74) is 1.50.